The Morgan fingerprint density at radius 3 is 2.40 bits per heavy atom. The quantitative estimate of drug-likeness (QED) is 0.462. The summed E-state index contributed by atoms with van der Waals surface area (Å²) in [7, 11) is 0. The maximum atomic E-state index is 12.6. The van der Waals surface area contributed by atoms with Gasteiger partial charge in [-0.25, -0.2) is 4.79 Å². The molecule has 35 heavy (non-hydrogen) atoms. The van der Waals surface area contributed by atoms with E-state index in [-0.39, 0.29) is 36.5 Å². The molecule has 1 aliphatic heterocycles. The fourth-order valence-corrected chi connectivity index (χ4v) is 3.37. The summed E-state index contributed by atoms with van der Waals surface area (Å²) in [4.78, 5) is 36.9. The van der Waals surface area contributed by atoms with Crippen molar-refractivity contribution in [2.24, 2.45) is 0 Å². The van der Waals surface area contributed by atoms with Gasteiger partial charge in [0.15, 0.2) is 24.2 Å². The summed E-state index contributed by atoms with van der Waals surface area (Å²) >= 11 is 0. The summed E-state index contributed by atoms with van der Waals surface area (Å²) in [6.45, 7) is 0.346. The molecule has 3 aromatic carbocycles. The molecule has 0 spiro atoms. The summed E-state index contributed by atoms with van der Waals surface area (Å²) in [5.41, 5.74) is 1.24. The van der Waals surface area contributed by atoms with Crippen LogP contribution in [0.2, 0.25) is 0 Å². The molecule has 180 valence electrons. The lowest BCUT2D eigenvalue weighted by atomic mass is 10.1. The van der Waals surface area contributed by atoms with Gasteiger partial charge >= 0.3 is 6.03 Å². The maximum absolute atomic E-state index is 12.6. The number of ether oxygens (including phenoxy) is 3. The molecule has 0 fully saturated rings. The van der Waals surface area contributed by atoms with Crippen LogP contribution in [0.15, 0.2) is 78.9 Å². The fraction of sp³-hybridized carbons (Fsp3) is 0.192. The second kappa shape index (κ2) is 11.6. The minimum absolute atomic E-state index is 0.152. The fourth-order valence-electron chi connectivity index (χ4n) is 3.37. The Morgan fingerprint density at radius 2 is 1.57 bits per heavy atom. The second-order valence-electron chi connectivity index (χ2n) is 7.71. The first-order valence-electron chi connectivity index (χ1n) is 11.1. The Kier molecular flexibility index (Phi) is 7.80. The molecule has 1 heterocycles. The smallest absolute Gasteiger partial charge is 0.321 e. The van der Waals surface area contributed by atoms with Crippen LogP contribution >= 0.6 is 0 Å². The van der Waals surface area contributed by atoms with Gasteiger partial charge in [0.25, 0.3) is 11.8 Å². The number of para-hydroxylation sites is 3. The monoisotopic (exact) mass is 475 g/mol. The summed E-state index contributed by atoms with van der Waals surface area (Å²) in [6, 6.07) is 22.6. The molecule has 4 rings (SSSR count). The van der Waals surface area contributed by atoms with E-state index in [1.54, 1.807) is 36.4 Å². The van der Waals surface area contributed by atoms with Crippen molar-refractivity contribution in [3.05, 3.63) is 90.0 Å². The molecule has 0 bridgehead atoms. The minimum atomic E-state index is -0.685. The first-order chi connectivity index (χ1) is 17.1. The first kappa shape index (κ1) is 23.6. The van der Waals surface area contributed by atoms with Gasteiger partial charge in [-0.2, -0.15) is 0 Å². The zero-order valence-corrected chi connectivity index (χ0v) is 18.9. The average molecular weight is 476 g/mol. The van der Waals surface area contributed by atoms with E-state index in [2.05, 4.69) is 16.0 Å². The van der Waals surface area contributed by atoms with Crippen LogP contribution < -0.4 is 30.2 Å². The molecule has 0 saturated heterocycles. The Hall–Kier alpha value is -4.53. The van der Waals surface area contributed by atoms with Gasteiger partial charge in [-0.15, -0.1) is 0 Å². The standard InChI is InChI=1S/C26H25N3O6/c30-24(29-26(32)28-15-19-16-33-22-12-6-7-13-23(22)35-19)17-34-21-11-5-4-10-20(21)25(31)27-14-18-8-2-1-3-9-18/h1-13,19H,14-17H2,(H,27,31)(H2,28,29,30,32). The van der Waals surface area contributed by atoms with E-state index in [1.165, 1.54) is 0 Å². The normalized spacial score (nSPS) is 13.9. The van der Waals surface area contributed by atoms with Crippen molar-refractivity contribution in [1.82, 2.24) is 16.0 Å². The minimum Gasteiger partial charge on any atom is -0.486 e. The largest absolute Gasteiger partial charge is 0.486 e. The van der Waals surface area contributed by atoms with Crippen LogP contribution in [0.1, 0.15) is 15.9 Å². The molecule has 0 aromatic heterocycles. The van der Waals surface area contributed by atoms with E-state index >= 15 is 0 Å². The maximum Gasteiger partial charge on any atom is 0.321 e. The third-order valence-corrected chi connectivity index (χ3v) is 5.10. The van der Waals surface area contributed by atoms with E-state index in [9.17, 15) is 14.4 Å². The Morgan fingerprint density at radius 1 is 0.857 bits per heavy atom. The predicted molar refractivity (Wildman–Crippen MR) is 127 cm³/mol. The SMILES string of the molecule is O=C(COc1ccccc1C(=O)NCc1ccccc1)NC(=O)NCC1COc2ccccc2O1. The molecule has 3 N–H and O–H groups in total. The summed E-state index contributed by atoms with van der Waals surface area (Å²) < 4.78 is 16.9. The van der Waals surface area contributed by atoms with Crippen molar-refractivity contribution >= 4 is 17.8 Å². The molecule has 3 aromatic rings. The molecule has 0 radical (unpaired) electrons. The Balaban J connectivity index is 1.21. The first-order valence-corrected chi connectivity index (χ1v) is 11.1. The van der Waals surface area contributed by atoms with E-state index in [1.807, 2.05) is 42.5 Å². The summed E-state index contributed by atoms with van der Waals surface area (Å²) in [5, 5.41) is 7.60. The number of carbonyl (C=O) groups is 3. The van der Waals surface area contributed by atoms with Gasteiger partial charge in [0.05, 0.1) is 12.1 Å². The molecule has 0 saturated carbocycles. The molecular formula is C26H25N3O6. The summed E-state index contributed by atoms with van der Waals surface area (Å²) in [5.74, 6) is 0.489. The van der Waals surface area contributed by atoms with E-state index in [4.69, 9.17) is 14.2 Å². The Bertz CT molecular complexity index is 1180. The molecular weight excluding hydrogens is 450 g/mol. The van der Waals surface area contributed by atoms with Crippen molar-refractivity contribution in [2.75, 3.05) is 19.8 Å². The van der Waals surface area contributed by atoms with Crippen molar-refractivity contribution in [2.45, 2.75) is 12.6 Å². The van der Waals surface area contributed by atoms with Crippen molar-refractivity contribution in [1.29, 1.82) is 0 Å². The van der Waals surface area contributed by atoms with E-state index in [0.29, 0.717) is 18.0 Å². The Labute approximate surface area is 202 Å². The van der Waals surface area contributed by atoms with Gasteiger partial charge in [0.2, 0.25) is 0 Å². The highest BCUT2D eigenvalue weighted by Gasteiger charge is 2.21. The average Bonchev–Trinajstić information content (AvgIpc) is 2.90. The van der Waals surface area contributed by atoms with Gasteiger partial charge in [-0.3, -0.25) is 14.9 Å². The van der Waals surface area contributed by atoms with Crippen molar-refractivity contribution in [3.8, 4) is 17.2 Å². The van der Waals surface area contributed by atoms with Crippen LogP contribution in [0.4, 0.5) is 4.79 Å². The third kappa shape index (κ3) is 6.73. The number of amides is 4. The summed E-state index contributed by atoms with van der Waals surface area (Å²) in [6.07, 6.45) is -0.386. The van der Waals surface area contributed by atoms with Crippen LogP contribution in [0.5, 0.6) is 17.2 Å². The van der Waals surface area contributed by atoms with Crippen LogP contribution in [0, 0.1) is 0 Å². The number of fused-ring (bicyclic) bond motifs is 1. The van der Waals surface area contributed by atoms with Crippen molar-refractivity contribution < 1.29 is 28.6 Å². The van der Waals surface area contributed by atoms with E-state index in [0.717, 1.165) is 5.56 Å². The zero-order chi connectivity index (χ0) is 24.5. The number of nitrogens with one attached hydrogen (secondary N) is 3. The highest BCUT2D eigenvalue weighted by Crippen LogP contribution is 2.30. The van der Waals surface area contributed by atoms with Gasteiger partial charge in [-0.05, 0) is 29.8 Å². The number of carbonyl (C=O) groups excluding carboxylic acids is 3. The molecule has 0 aliphatic carbocycles. The lowest BCUT2D eigenvalue weighted by Crippen LogP contribution is -2.47. The third-order valence-electron chi connectivity index (χ3n) is 5.10. The number of benzene rings is 3. The molecule has 9 nitrogen and oxygen atoms in total. The van der Waals surface area contributed by atoms with Crippen molar-refractivity contribution in [3.63, 3.8) is 0 Å². The number of rotatable bonds is 8. The molecule has 1 aliphatic rings. The van der Waals surface area contributed by atoms with E-state index < -0.39 is 18.5 Å². The van der Waals surface area contributed by atoms with Crippen LogP contribution in [-0.4, -0.2) is 43.7 Å². The molecule has 9 heteroatoms. The zero-order valence-electron chi connectivity index (χ0n) is 18.9. The van der Waals surface area contributed by atoms with Crippen LogP contribution in [0.25, 0.3) is 0 Å². The van der Waals surface area contributed by atoms with Gasteiger partial charge < -0.3 is 24.8 Å². The van der Waals surface area contributed by atoms with Gasteiger partial charge in [0, 0.05) is 6.54 Å². The highest BCUT2D eigenvalue weighted by atomic mass is 16.6. The van der Waals surface area contributed by atoms with Crippen LogP contribution in [0.3, 0.4) is 0 Å². The lowest BCUT2D eigenvalue weighted by Gasteiger charge is -2.26. The molecule has 4 amide bonds. The topological polar surface area (TPSA) is 115 Å². The predicted octanol–water partition coefficient (Wildman–Crippen LogP) is 2.66. The molecule has 1 unspecified atom stereocenters. The number of urea groups is 1. The second-order valence-corrected chi connectivity index (χ2v) is 7.71. The molecule has 1 atom stereocenters. The number of hydrogen-bond acceptors (Lipinski definition) is 6. The van der Waals surface area contributed by atoms with Crippen LogP contribution in [-0.2, 0) is 11.3 Å². The van der Waals surface area contributed by atoms with Gasteiger partial charge in [0.1, 0.15) is 12.4 Å². The lowest BCUT2D eigenvalue weighted by molar-refractivity contribution is -0.122. The number of imide groups is 1. The van der Waals surface area contributed by atoms with Gasteiger partial charge in [-0.1, -0.05) is 54.6 Å². The highest BCUT2D eigenvalue weighted by molar-refractivity contribution is 5.97. The number of hydrogen-bond donors (Lipinski definition) is 3.